The van der Waals surface area contributed by atoms with Crippen LogP contribution in [-0.2, 0) is 6.54 Å². The zero-order valence-electron chi connectivity index (χ0n) is 10.8. The Hall–Kier alpha value is -1.75. The number of pyridine rings is 1. The maximum atomic E-state index is 5.31. The van der Waals surface area contributed by atoms with Gasteiger partial charge in [-0.15, -0.1) is 11.3 Å². The fourth-order valence-electron chi connectivity index (χ4n) is 1.72. The summed E-state index contributed by atoms with van der Waals surface area (Å²) in [4.78, 5) is 7.56. The summed E-state index contributed by atoms with van der Waals surface area (Å²) >= 11 is 1.73. The number of hydrogen-bond acceptors (Lipinski definition) is 5. The van der Waals surface area contributed by atoms with E-state index in [0.29, 0.717) is 5.88 Å². The molecule has 0 saturated carbocycles. The molecule has 5 heteroatoms. The number of methoxy groups -OCH3 is 1. The van der Waals surface area contributed by atoms with Crippen LogP contribution >= 0.6 is 11.3 Å². The van der Waals surface area contributed by atoms with Crippen LogP contribution in [0, 0.1) is 0 Å². The third-order valence-electron chi connectivity index (χ3n) is 2.59. The number of thiophene rings is 1. The maximum absolute atomic E-state index is 5.31. The summed E-state index contributed by atoms with van der Waals surface area (Å²) in [7, 11) is 5.65. The Morgan fingerprint density at radius 3 is 2.83 bits per heavy atom. The molecule has 0 fully saturated rings. The van der Waals surface area contributed by atoms with Crippen LogP contribution in [0.1, 0.15) is 4.88 Å². The average Bonchev–Trinajstić information content (AvgIpc) is 2.88. The topological polar surface area (TPSA) is 37.4 Å². The van der Waals surface area contributed by atoms with Crippen molar-refractivity contribution in [2.24, 2.45) is 0 Å². The first-order valence-corrected chi connectivity index (χ1v) is 6.57. The molecule has 2 aromatic rings. The van der Waals surface area contributed by atoms with Crippen LogP contribution in [0.3, 0.4) is 0 Å². The zero-order valence-corrected chi connectivity index (χ0v) is 11.6. The van der Waals surface area contributed by atoms with Crippen molar-refractivity contribution < 1.29 is 4.74 Å². The van der Waals surface area contributed by atoms with E-state index in [1.54, 1.807) is 24.6 Å². The van der Waals surface area contributed by atoms with Crippen molar-refractivity contribution in [2.45, 2.75) is 6.54 Å². The Morgan fingerprint density at radius 2 is 2.22 bits per heavy atom. The van der Waals surface area contributed by atoms with Gasteiger partial charge in [-0.25, -0.2) is 4.98 Å². The molecule has 18 heavy (non-hydrogen) atoms. The van der Waals surface area contributed by atoms with Crippen LogP contribution in [0.25, 0.3) is 0 Å². The molecule has 0 saturated heterocycles. The van der Waals surface area contributed by atoms with E-state index in [1.807, 2.05) is 25.1 Å². The molecule has 4 nitrogen and oxygen atoms in total. The van der Waals surface area contributed by atoms with Gasteiger partial charge in [-0.2, -0.15) is 0 Å². The van der Waals surface area contributed by atoms with E-state index in [9.17, 15) is 0 Å². The number of rotatable bonds is 5. The zero-order chi connectivity index (χ0) is 13.0. The molecule has 0 aromatic carbocycles. The first-order valence-electron chi connectivity index (χ1n) is 5.69. The Balaban J connectivity index is 2.23. The lowest BCUT2D eigenvalue weighted by atomic mass is 10.3. The summed E-state index contributed by atoms with van der Waals surface area (Å²) in [5, 5.41) is 5.47. The molecule has 0 aliphatic rings. The van der Waals surface area contributed by atoms with E-state index in [2.05, 4.69) is 27.8 Å². The minimum atomic E-state index is 0.623. The minimum Gasteiger partial charge on any atom is -0.479 e. The van der Waals surface area contributed by atoms with E-state index in [-0.39, 0.29) is 0 Å². The second-order valence-electron chi connectivity index (χ2n) is 4.04. The summed E-state index contributed by atoms with van der Waals surface area (Å²) < 4.78 is 5.31. The Kier molecular flexibility index (Phi) is 4.04. The van der Waals surface area contributed by atoms with Crippen LogP contribution in [0.15, 0.2) is 29.8 Å². The van der Waals surface area contributed by atoms with Crippen molar-refractivity contribution in [2.75, 3.05) is 31.4 Å². The van der Waals surface area contributed by atoms with Crippen LogP contribution in [0.4, 0.5) is 11.4 Å². The van der Waals surface area contributed by atoms with Gasteiger partial charge in [0, 0.05) is 31.7 Å². The third-order valence-corrected chi connectivity index (χ3v) is 3.47. The predicted octanol–water partition coefficient (Wildman–Crippen LogP) is 2.83. The fraction of sp³-hybridized carbons (Fsp3) is 0.308. The highest BCUT2D eigenvalue weighted by Gasteiger charge is 2.11. The van der Waals surface area contributed by atoms with Gasteiger partial charge < -0.3 is 15.0 Å². The summed E-state index contributed by atoms with van der Waals surface area (Å²) in [5.41, 5.74) is 2.00. The molecular weight excluding hydrogens is 246 g/mol. The minimum absolute atomic E-state index is 0.623. The largest absolute Gasteiger partial charge is 0.479 e. The first-order chi connectivity index (χ1) is 8.72. The van der Waals surface area contributed by atoms with E-state index in [0.717, 1.165) is 17.9 Å². The smallest absolute Gasteiger partial charge is 0.239 e. The van der Waals surface area contributed by atoms with Crippen molar-refractivity contribution in [1.29, 1.82) is 0 Å². The highest BCUT2D eigenvalue weighted by molar-refractivity contribution is 7.09. The SMILES string of the molecule is COc1nccc(N(C)C)c1NCc1cccs1. The Bertz CT molecular complexity index is 497. The molecule has 2 heterocycles. The average molecular weight is 263 g/mol. The van der Waals surface area contributed by atoms with Gasteiger partial charge in [-0.3, -0.25) is 0 Å². The van der Waals surface area contributed by atoms with Gasteiger partial charge in [0.25, 0.3) is 0 Å². The first kappa shape index (κ1) is 12.7. The summed E-state index contributed by atoms with van der Waals surface area (Å²) in [5.74, 6) is 0.623. The molecular formula is C13H17N3OS. The van der Waals surface area contributed by atoms with Crippen LogP contribution in [0.5, 0.6) is 5.88 Å². The summed E-state index contributed by atoms with van der Waals surface area (Å²) in [6.07, 6.45) is 1.75. The van der Waals surface area contributed by atoms with Gasteiger partial charge >= 0.3 is 0 Å². The lowest BCUT2D eigenvalue weighted by Gasteiger charge is -2.19. The molecule has 0 aliphatic heterocycles. The van der Waals surface area contributed by atoms with Crippen LogP contribution < -0.4 is 15.0 Å². The maximum Gasteiger partial charge on any atom is 0.239 e. The number of nitrogens with zero attached hydrogens (tertiary/aromatic N) is 2. The quantitative estimate of drug-likeness (QED) is 0.900. The molecule has 1 N–H and O–H groups in total. The molecule has 2 rings (SSSR count). The van der Waals surface area contributed by atoms with Crippen LogP contribution in [0.2, 0.25) is 0 Å². The molecule has 0 aliphatic carbocycles. The second kappa shape index (κ2) is 5.73. The molecule has 0 radical (unpaired) electrons. The summed E-state index contributed by atoms with van der Waals surface area (Å²) in [6, 6.07) is 6.13. The molecule has 2 aromatic heterocycles. The molecule has 96 valence electrons. The lowest BCUT2D eigenvalue weighted by Crippen LogP contribution is -2.13. The Morgan fingerprint density at radius 1 is 1.39 bits per heavy atom. The number of aromatic nitrogens is 1. The number of hydrogen-bond donors (Lipinski definition) is 1. The van der Waals surface area contributed by atoms with Gasteiger partial charge in [0.05, 0.1) is 12.8 Å². The normalized spacial score (nSPS) is 10.2. The van der Waals surface area contributed by atoms with Crippen LogP contribution in [-0.4, -0.2) is 26.2 Å². The lowest BCUT2D eigenvalue weighted by molar-refractivity contribution is 0.400. The van der Waals surface area contributed by atoms with Gasteiger partial charge in [-0.1, -0.05) is 6.07 Å². The molecule has 0 atom stereocenters. The summed E-state index contributed by atoms with van der Waals surface area (Å²) in [6.45, 7) is 0.778. The van der Waals surface area contributed by atoms with Crippen molar-refractivity contribution in [3.63, 3.8) is 0 Å². The predicted molar refractivity (Wildman–Crippen MR) is 76.8 cm³/mol. The van der Waals surface area contributed by atoms with Gasteiger partial charge in [0.15, 0.2) is 0 Å². The number of anilines is 2. The fourth-order valence-corrected chi connectivity index (χ4v) is 2.36. The van der Waals surface area contributed by atoms with Crippen molar-refractivity contribution in [1.82, 2.24) is 4.98 Å². The van der Waals surface area contributed by atoms with Crippen molar-refractivity contribution in [3.05, 3.63) is 34.7 Å². The highest BCUT2D eigenvalue weighted by atomic mass is 32.1. The van der Waals surface area contributed by atoms with Crippen molar-refractivity contribution in [3.8, 4) is 5.88 Å². The second-order valence-corrected chi connectivity index (χ2v) is 5.07. The van der Waals surface area contributed by atoms with E-state index < -0.39 is 0 Å². The molecule has 0 unspecified atom stereocenters. The number of ether oxygens (including phenoxy) is 1. The van der Waals surface area contributed by atoms with Gasteiger partial charge in [-0.05, 0) is 17.5 Å². The standard InChI is InChI=1S/C13H17N3OS/c1-16(2)11-6-7-14-13(17-3)12(11)15-9-10-5-4-8-18-10/h4-8,15H,9H2,1-3H3. The van der Waals surface area contributed by atoms with Gasteiger partial charge in [0.1, 0.15) is 5.69 Å². The highest BCUT2D eigenvalue weighted by Crippen LogP contribution is 2.32. The van der Waals surface area contributed by atoms with E-state index >= 15 is 0 Å². The molecule has 0 bridgehead atoms. The number of nitrogens with one attached hydrogen (secondary N) is 1. The van der Waals surface area contributed by atoms with Gasteiger partial charge in [0.2, 0.25) is 5.88 Å². The monoisotopic (exact) mass is 263 g/mol. The van der Waals surface area contributed by atoms with E-state index in [1.165, 1.54) is 4.88 Å². The molecule has 0 amide bonds. The molecule has 0 spiro atoms. The van der Waals surface area contributed by atoms with Crippen molar-refractivity contribution >= 4 is 22.7 Å². The third kappa shape index (κ3) is 2.73. The van der Waals surface area contributed by atoms with E-state index in [4.69, 9.17) is 4.74 Å². The Labute approximate surface area is 111 Å².